The van der Waals surface area contributed by atoms with E-state index in [2.05, 4.69) is 48.5 Å². The van der Waals surface area contributed by atoms with Crippen LogP contribution in [0.1, 0.15) is 54.9 Å². The van der Waals surface area contributed by atoms with E-state index in [1.807, 2.05) is 0 Å². The molecule has 0 nitrogen and oxygen atoms in total. The van der Waals surface area contributed by atoms with Crippen molar-refractivity contribution in [2.45, 2.75) is 65.2 Å². The first-order valence-electron chi connectivity index (χ1n) is 5.56. The minimum Gasteiger partial charge on any atom is -0.511 e. The summed E-state index contributed by atoms with van der Waals surface area (Å²) in [4.78, 5) is 0. The maximum Gasteiger partial charge on any atom is 2.00 e. The number of rotatable bonds is 3. The molecule has 0 aliphatic rings. The molecule has 100 valence electrons. The van der Waals surface area contributed by atoms with Crippen LogP contribution in [0.2, 0.25) is 0 Å². The zero-order valence-electron chi connectivity index (χ0n) is 12.3. The van der Waals surface area contributed by atoms with Crippen LogP contribution in [0.5, 0.6) is 0 Å². The normalized spacial score (nSPS) is 11.8. The first-order valence-corrected chi connectivity index (χ1v) is 7.26. The minimum atomic E-state index is -0.449. The number of hydrogen-bond acceptors (Lipinski definition) is 0. The third-order valence-corrected chi connectivity index (χ3v) is 7.10. The van der Waals surface area contributed by atoms with Gasteiger partial charge in [-0.2, -0.15) is 0 Å². The summed E-state index contributed by atoms with van der Waals surface area (Å²) in [5, 5.41) is 0.866. The molecule has 2 heteroatoms. The molecule has 0 bridgehead atoms. The predicted octanol–water partition coefficient (Wildman–Crippen LogP) is 5.01. The molecule has 0 heterocycles. The molecule has 0 spiro atoms. The molecule has 0 atom stereocenters. The monoisotopic (exact) mass is 287 g/mol. The van der Waals surface area contributed by atoms with Crippen molar-refractivity contribution >= 4 is 7.92 Å². The van der Waals surface area contributed by atoms with Crippen molar-refractivity contribution in [3.05, 3.63) is 19.6 Å². The van der Waals surface area contributed by atoms with Gasteiger partial charge >= 0.3 is 16.5 Å². The molecular weight excluding hydrogens is 258 g/mol. The van der Waals surface area contributed by atoms with Gasteiger partial charge < -0.3 is 14.0 Å². The van der Waals surface area contributed by atoms with E-state index in [9.17, 15) is 0 Å². The molecule has 16 heavy (non-hydrogen) atoms. The van der Waals surface area contributed by atoms with Crippen LogP contribution in [0.15, 0.2) is 5.57 Å². The molecule has 0 N–H and O–H groups in total. The van der Waals surface area contributed by atoms with Crippen molar-refractivity contribution in [3.63, 3.8) is 0 Å². The molecule has 0 saturated carbocycles. The second-order valence-electron chi connectivity index (χ2n) is 6.17. The van der Waals surface area contributed by atoms with Gasteiger partial charge in [-0.1, -0.05) is 13.3 Å². The third-order valence-electron chi connectivity index (χ3n) is 2.67. The van der Waals surface area contributed by atoms with Gasteiger partial charge in [-0.15, -0.1) is 0 Å². The molecule has 0 aromatic heterocycles. The van der Waals surface area contributed by atoms with Gasteiger partial charge in [-0.25, -0.2) is 5.57 Å². The maximum atomic E-state index is 6.01. The molecule has 0 radical (unpaired) electrons. The van der Waals surface area contributed by atoms with Gasteiger partial charge in [-0.3, -0.25) is 0 Å². The Hall–Kier alpha value is 0.664. The SMILES string of the molecule is [CH-]=C(CC)C[PH+](C(C)(C)C)C(C)(C)C.[CH3-].[Ni+2]. The summed E-state index contributed by atoms with van der Waals surface area (Å²) in [5.74, 6) is 0. The van der Waals surface area contributed by atoms with Crippen LogP contribution in [-0.2, 0) is 16.5 Å². The Kier molecular flexibility index (Phi) is 10.8. The average Bonchev–Trinajstić information content (AvgIpc) is 1.95. The van der Waals surface area contributed by atoms with Crippen molar-refractivity contribution in [1.82, 2.24) is 0 Å². The molecule has 0 aromatic rings. The zero-order valence-corrected chi connectivity index (χ0v) is 14.3. The number of allylic oxidation sites excluding steroid dienone is 1. The molecular formula is C14H30NiP+. The Labute approximate surface area is 115 Å². The summed E-state index contributed by atoms with van der Waals surface area (Å²) in [6, 6.07) is 0. The fraction of sp³-hybridized carbons (Fsp3) is 0.786. The first kappa shape index (κ1) is 21.9. The van der Waals surface area contributed by atoms with E-state index in [0.29, 0.717) is 10.3 Å². The summed E-state index contributed by atoms with van der Waals surface area (Å²) in [7, 11) is -0.449. The van der Waals surface area contributed by atoms with E-state index < -0.39 is 7.92 Å². The average molecular weight is 288 g/mol. The van der Waals surface area contributed by atoms with E-state index >= 15 is 0 Å². The topological polar surface area (TPSA) is 0 Å². The molecule has 0 rings (SSSR count). The Morgan fingerprint density at radius 3 is 1.50 bits per heavy atom. The van der Waals surface area contributed by atoms with Crippen molar-refractivity contribution < 1.29 is 16.5 Å². The maximum absolute atomic E-state index is 6.01. The standard InChI is InChI=1S/C13H26P.CH3.Ni/c1-9-11(2)10-14(12(3,4)5)13(6,7)8;;/h2H,9-10H2,1,3-8H3;1H3;/q2*-1;+2/p+1. The second kappa shape index (κ2) is 7.89. The van der Waals surface area contributed by atoms with Crippen molar-refractivity contribution in [1.29, 1.82) is 0 Å². The van der Waals surface area contributed by atoms with Crippen molar-refractivity contribution in [3.8, 4) is 0 Å². The minimum absolute atomic E-state index is 0. The van der Waals surface area contributed by atoms with Crippen molar-refractivity contribution in [2.24, 2.45) is 0 Å². The molecule has 0 amide bonds. The van der Waals surface area contributed by atoms with E-state index in [1.54, 1.807) is 0 Å². The van der Waals surface area contributed by atoms with Crippen LogP contribution in [0.4, 0.5) is 0 Å². The van der Waals surface area contributed by atoms with Gasteiger partial charge in [0.15, 0.2) is 0 Å². The van der Waals surface area contributed by atoms with Gasteiger partial charge in [0.25, 0.3) is 0 Å². The van der Waals surface area contributed by atoms with E-state index in [-0.39, 0.29) is 23.9 Å². The summed E-state index contributed by atoms with van der Waals surface area (Å²) in [5.41, 5.74) is 1.18. The summed E-state index contributed by atoms with van der Waals surface area (Å²) in [6.07, 6.45) is 2.19. The zero-order chi connectivity index (χ0) is 11.6. The van der Waals surface area contributed by atoms with Crippen LogP contribution in [0, 0.1) is 14.0 Å². The summed E-state index contributed by atoms with van der Waals surface area (Å²) >= 11 is 0. The van der Waals surface area contributed by atoms with Gasteiger partial charge in [0, 0.05) is 14.1 Å². The van der Waals surface area contributed by atoms with E-state index in [0.717, 1.165) is 12.6 Å². The number of hydrogen-bond donors (Lipinski definition) is 0. The molecule has 0 aromatic carbocycles. The Balaban J connectivity index is -0.000000845. The van der Waals surface area contributed by atoms with Gasteiger partial charge in [0.1, 0.15) is 0 Å². The van der Waals surface area contributed by atoms with Crippen LogP contribution in [-0.4, -0.2) is 16.5 Å². The Bertz CT molecular complexity index is 182. The molecule has 0 saturated heterocycles. The molecule has 0 aliphatic heterocycles. The van der Waals surface area contributed by atoms with Crippen LogP contribution >= 0.6 is 7.92 Å². The quantitative estimate of drug-likeness (QED) is 0.389. The third kappa shape index (κ3) is 7.86. The van der Waals surface area contributed by atoms with Crippen LogP contribution in [0.25, 0.3) is 0 Å². The predicted molar refractivity (Wildman–Crippen MR) is 77.2 cm³/mol. The molecule has 0 unspecified atom stereocenters. The van der Waals surface area contributed by atoms with Gasteiger partial charge in [-0.05, 0) is 41.5 Å². The smallest absolute Gasteiger partial charge is 0.511 e. The first-order chi connectivity index (χ1) is 6.09. The Morgan fingerprint density at radius 1 is 1.00 bits per heavy atom. The van der Waals surface area contributed by atoms with E-state index in [1.165, 1.54) is 5.57 Å². The Morgan fingerprint density at radius 2 is 1.31 bits per heavy atom. The van der Waals surface area contributed by atoms with Crippen LogP contribution < -0.4 is 0 Å². The summed E-state index contributed by atoms with van der Waals surface area (Å²) in [6.45, 7) is 22.3. The fourth-order valence-electron chi connectivity index (χ4n) is 2.01. The second-order valence-corrected chi connectivity index (χ2v) is 10.5. The van der Waals surface area contributed by atoms with Crippen molar-refractivity contribution in [2.75, 3.05) is 6.16 Å². The largest absolute Gasteiger partial charge is 2.00 e. The summed E-state index contributed by atoms with van der Waals surface area (Å²) < 4.78 is 0. The van der Waals surface area contributed by atoms with E-state index in [4.69, 9.17) is 6.58 Å². The molecule has 0 aliphatic carbocycles. The van der Waals surface area contributed by atoms with Gasteiger partial charge in [0.2, 0.25) is 0 Å². The fourth-order valence-corrected chi connectivity index (χ4v) is 6.02. The molecule has 0 fully saturated rings. The van der Waals surface area contributed by atoms with Crippen LogP contribution in [0.3, 0.4) is 0 Å². The van der Waals surface area contributed by atoms with Gasteiger partial charge in [0.05, 0.1) is 10.3 Å².